The van der Waals surface area contributed by atoms with E-state index in [9.17, 15) is 0 Å². The first-order chi connectivity index (χ1) is 11.7. The zero-order valence-electron chi connectivity index (χ0n) is 15.0. The van der Waals surface area contributed by atoms with Crippen molar-refractivity contribution in [1.82, 2.24) is 4.90 Å². The van der Waals surface area contributed by atoms with Gasteiger partial charge in [0.05, 0.1) is 0 Å². The molecule has 0 heterocycles. The molecule has 0 radical (unpaired) electrons. The van der Waals surface area contributed by atoms with Gasteiger partial charge in [-0.05, 0) is 56.6 Å². The number of hydrogen-bond donors (Lipinski definition) is 1. The van der Waals surface area contributed by atoms with Crippen molar-refractivity contribution in [2.24, 2.45) is 5.73 Å². The number of hydrogen-bond acceptors (Lipinski definition) is 3. The monoisotopic (exact) mass is 342 g/mol. The van der Waals surface area contributed by atoms with Crippen LogP contribution in [0.2, 0.25) is 0 Å². The van der Waals surface area contributed by atoms with Crippen LogP contribution in [0, 0.1) is 6.92 Å². The Hall–Kier alpha value is -1.29. The molecule has 0 amide bonds. The highest BCUT2D eigenvalue weighted by Crippen LogP contribution is 2.27. The molecule has 0 spiro atoms. The summed E-state index contributed by atoms with van der Waals surface area (Å²) in [7, 11) is 2.21. The normalized spacial score (nSPS) is 11.2. The number of rotatable bonds is 10. The molecule has 2 aromatic rings. The van der Waals surface area contributed by atoms with Crippen molar-refractivity contribution in [3.05, 3.63) is 59.7 Å². The van der Waals surface area contributed by atoms with Crippen molar-refractivity contribution in [2.75, 3.05) is 32.4 Å². The summed E-state index contributed by atoms with van der Waals surface area (Å²) in [5, 5.41) is 0. The van der Waals surface area contributed by atoms with Gasteiger partial charge in [0.15, 0.2) is 0 Å². The number of aryl methyl sites for hydroxylation is 1. The van der Waals surface area contributed by atoms with Crippen LogP contribution < -0.4 is 5.73 Å². The SMILES string of the molecule is Cc1ccc(-c2ccccc2CSCCN(C)CCCCN)cc1. The Bertz CT molecular complexity index is 595. The van der Waals surface area contributed by atoms with E-state index in [2.05, 4.69) is 67.4 Å². The Morgan fingerprint density at radius 3 is 2.46 bits per heavy atom. The average Bonchev–Trinajstić information content (AvgIpc) is 2.60. The highest BCUT2D eigenvalue weighted by molar-refractivity contribution is 7.98. The van der Waals surface area contributed by atoms with Crippen molar-refractivity contribution >= 4 is 11.8 Å². The molecular formula is C21H30N2S. The lowest BCUT2D eigenvalue weighted by atomic mass is 10.00. The van der Waals surface area contributed by atoms with E-state index in [1.54, 1.807) is 0 Å². The highest BCUT2D eigenvalue weighted by Gasteiger charge is 2.05. The summed E-state index contributed by atoms with van der Waals surface area (Å²) in [6.07, 6.45) is 2.33. The van der Waals surface area contributed by atoms with Crippen molar-refractivity contribution < 1.29 is 0 Å². The first-order valence-corrected chi connectivity index (χ1v) is 9.97. The van der Waals surface area contributed by atoms with Crippen LogP contribution in [0.4, 0.5) is 0 Å². The second-order valence-corrected chi connectivity index (χ2v) is 7.48. The van der Waals surface area contributed by atoms with Gasteiger partial charge in [0, 0.05) is 18.1 Å². The Balaban J connectivity index is 1.84. The summed E-state index contributed by atoms with van der Waals surface area (Å²) in [6, 6.07) is 17.6. The molecule has 0 aromatic heterocycles. The van der Waals surface area contributed by atoms with Gasteiger partial charge in [-0.3, -0.25) is 0 Å². The molecule has 24 heavy (non-hydrogen) atoms. The summed E-state index contributed by atoms with van der Waals surface area (Å²) in [5.41, 5.74) is 11.0. The molecule has 2 aromatic carbocycles. The molecule has 0 aliphatic carbocycles. The van der Waals surface area contributed by atoms with Crippen LogP contribution in [-0.2, 0) is 5.75 Å². The van der Waals surface area contributed by atoms with E-state index >= 15 is 0 Å². The van der Waals surface area contributed by atoms with Gasteiger partial charge in [-0.2, -0.15) is 11.8 Å². The van der Waals surface area contributed by atoms with E-state index in [0.717, 1.165) is 31.8 Å². The van der Waals surface area contributed by atoms with Gasteiger partial charge in [-0.25, -0.2) is 0 Å². The number of nitrogens with two attached hydrogens (primary N) is 1. The van der Waals surface area contributed by atoms with Gasteiger partial charge in [-0.1, -0.05) is 54.1 Å². The molecule has 2 nitrogen and oxygen atoms in total. The predicted molar refractivity (Wildman–Crippen MR) is 109 cm³/mol. The van der Waals surface area contributed by atoms with Crippen LogP contribution >= 0.6 is 11.8 Å². The lowest BCUT2D eigenvalue weighted by Gasteiger charge is -2.16. The van der Waals surface area contributed by atoms with Gasteiger partial charge < -0.3 is 10.6 Å². The minimum Gasteiger partial charge on any atom is -0.330 e. The second-order valence-electron chi connectivity index (χ2n) is 6.37. The lowest BCUT2D eigenvalue weighted by Crippen LogP contribution is -2.23. The molecule has 3 heteroatoms. The fourth-order valence-electron chi connectivity index (χ4n) is 2.70. The summed E-state index contributed by atoms with van der Waals surface area (Å²) in [5.74, 6) is 2.24. The fourth-order valence-corrected chi connectivity index (χ4v) is 3.76. The minimum absolute atomic E-state index is 0.804. The maximum absolute atomic E-state index is 5.55. The summed E-state index contributed by atoms with van der Waals surface area (Å²) in [6.45, 7) is 5.23. The quantitative estimate of drug-likeness (QED) is 0.642. The lowest BCUT2D eigenvalue weighted by molar-refractivity contribution is 0.347. The Morgan fingerprint density at radius 1 is 0.958 bits per heavy atom. The second kappa shape index (κ2) is 10.5. The smallest absolute Gasteiger partial charge is 0.0191 e. The molecule has 0 bridgehead atoms. The summed E-state index contributed by atoms with van der Waals surface area (Å²) < 4.78 is 0. The molecule has 0 aliphatic rings. The van der Waals surface area contributed by atoms with Crippen LogP contribution in [-0.4, -0.2) is 37.3 Å². The Kier molecular flexibility index (Phi) is 8.37. The number of unbranched alkanes of at least 4 members (excludes halogenated alkanes) is 1. The van der Waals surface area contributed by atoms with Crippen LogP contribution in [0.3, 0.4) is 0 Å². The molecule has 0 saturated carbocycles. The third-order valence-corrected chi connectivity index (χ3v) is 5.24. The molecule has 0 unspecified atom stereocenters. The van der Waals surface area contributed by atoms with E-state index in [-0.39, 0.29) is 0 Å². The van der Waals surface area contributed by atoms with Crippen LogP contribution in [0.1, 0.15) is 24.0 Å². The molecule has 0 saturated heterocycles. The molecule has 0 atom stereocenters. The summed E-state index contributed by atoms with van der Waals surface area (Å²) in [4.78, 5) is 2.41. The van der Waals surface area contributed by atoms with Gasteiger partial charge in [-0.15, -0.1) is 0 Å². The van der Waals surface area contributed by atoms with Crippen LogP contribution in [0.5, 0.6) is 0 Å². The van der Waals surface area contributed by atoms with Crippen molar-refractivity contribution in [3.63, 3.8) is 0 Å². The van der Waals surface area contributed by atoms with E-state index in [0.29, 0.717) is 0 Å². The number of benzene rings is 2. The van der Waals surface area contributed by atoms with Crippen molar-refractivity contribution in [2.45, 2.75) is 25.5 Å². The van der Waals surface area contributed by atoms with Gasteiger partial charge >= 0.3 is 0 Å². The standard InChI is InChI=1S/C21H30N2S/c1-18-9-11-19(12-10-18)21-8-4-3-7-20(21)17-24-16-15-23(2)14-6-5-13-22/h3-4,7-12H,5-6,13-17,22H2,1-2H3. The zero-order valence-corrected chi connectivity index (χ0v) is 15.8. The molecule has 130 valence electrons. The van der Waals surface area contributed by atoms with E-state index < -0.39 is 0 Å². The van der Waals surface area contributed by atoms with E-state index in [1.807, 2.05) is 11.8 Å². The maximum Gasteiger partial charge on any atom is 0.0191 e. The van der Waals surface area contributed by atoms with Gasteiger partial charge in [0.2, 0.25) is 0 Å². The first-order valence-electron chi connectivity index (χ1n) is 8.82. The van der Waals surface area contributed by atoms with Gasteiger partial charge in [0.1, 0.15) is 0 Å². The molecule has 0 aliphatic heterocycles. The largest absolute Gasteiger partial charge is 0.330 e. The predicted octanol–water partition coefficient (Wildman–Crippen LogP) is 4.57. The number of nitrogens with zero attached hydrogens (tertiary/aromatic N) is 1. The fraction of sp³-hybridized carbons (Fsp3) is 0.429. The van der Waals surface area contributed by atoms with E-state index in [1.165, 1.54) is 34.4 Å². The van der Waals surface area contributed by atoms with E-state index in [4.69, 9.17) is 5.73 Å². The topological polar surface area (TPSA) is 29.3 Å². The Morgan fingerprint density at radius 2 is 1.71 bits per heavy atom. The molecular weight excluding hydrogens is 312 g/mol. The van der Waals surface area contributed by atoms with Crippen molar-refractivity contribution in [1.29, 1.82) is 0 Å². The Labute approximate surface area is 151 Å². The number of thioether (sulfide) groups is 1. The van der Waals surface area contributed by atoms with Gasteiger partial charge in [0.25, 0.3) is 0 Å². The van der Waals surface area contributed by atoms with Crippen LogP contribution in [0.25, 0.3) is 11.1 Å². The van der Waals surface area contributed by atoms with Crippen molar-refractivity contribution in [3.8, 4) is 11.1 Å². The third-order valence-electron chi connectivity index (χ3n) is 4.25. The average molecular weight is 343 g/mol. The highest BCUT2D eigenvalue weighted by atomic mass is 32.2. The maximum atomic E-state index is 5.55. The molecule has 2 rings (SSSR count). The zero-order chi connectivity index (χ0) is 17.2. The molecule has 2 N–H and O–H groups in total. The van der Waals surface area contributed by atoms with Crippen LogP contribution in [0.15, 0.2) is 48.5 Å². The first kappa shape index (κ1) is 19.0. The third kappa shape index (κ3) is 6.31. The minimum atomic E-state index is 0.804. The summed E-state index contributed by atoms with van der Waals surface area (Å²) >= 11 is 2.02. The molecule has 0 fully saturated rings.